The van der Waals surface area contributed by atoms with Crippen molar-refractivity contribution in [2.45, 2.75) is 38.5 Å². The normalized spacial score (nSPS) is 18.3. The Labute approximate surface area is 138 Å². The number of benzene rings is 1. The first-order valence-electron chi connectivity index (χ1n) is 8.18. The van der Waals surface area contributed by atoms with Crippen LogP contribution in [0.3, 0.4) is 0 Å². The van der Waals surface area contributed by atoms with Gasteiger partial charge in [-0.15, -0.1) is 0 Å². The highest BCUT2D eigenvalue weighted by Gasteiger charge is 2.15. The van der Waals surface area contributed by atoms with E-state index in [2.05, 4.69) is 35.4 Å². The summed E-state index contributed by atoms with van der Waals surface area (Å²) >= 11 is 2.06. The summed E-state index contributed by atoms with van der Waals surface area (Å²) in [6, 6.07) is 8.11. The van der Waals surface area contributed by atoms with Gasteiger partial charge in [-0.25, -0.2) is 4.99 Å². The largest absolute Gasteiger partial charge is 0.494 e. The molecule has 22 heavy (non-hydrogen) atoms. The molecule has 5 heteroatoms. The van der Waals surface area contributed by atoms with E-state index >= 15 is 0 Å². The first-order chi connectivity index (χ1) is 10.8. The molecule has 2 N–H and O–H groups in total. The SMILES string of the molecule is CCNC(=NCc1ccccc1OCC)NCC1CCCS1. The maximum Gasteiger partial charge on any atom is 0.191 e. The molecule has 2 rings (SSSR count). The molecule has 1 fully saturated rings. The molecule has 0 saturated carbocycles. The molecule has 0 bridgehead atoms. The Morgan fingerprint density at radius 2 is 2.18 bits per heavy atom. The first kappa shape index (κ1) is 17.0. The van der Waals surface area contributed by atoms with Crippen molar-refractivity contribution in [3.63, 3.8) is 0 Å². The zero-order valence-corrected chi connectivity index (χ0v) is 14.4. The Morgan fingerprint density at radius 3 is 2.91 bits per heavy atom. The molecule has 1 unspecified atom stereocenters. The van der Waals surface area contributed by atoms with Crippen molar-refractivity contribution in [3.8, 4) is 5.75 Å². The van der Waals surface area contributed by atoms with E-state index in [1.54, 1.807) is 0 Å². The molecule has 1 aliphatic heterocycles. The maximum absolute atomic E-state index is 5.66. The van der Waals surface area contributed by atoms with Crippen molar-refractivity contribution in [1.29, 1.82) is 0 Å². The standard InChI is InChI=1S/C17H27N3OS/c1-3-18-17(20-13-15-9-7-11-22-15)19-12-14-8-5-6-10-16(14)21-4-2/h5-6,8,10,15H,3-4,7,9,11-13H2,1-2H3,(H2,18,19,20). The predicted molar refractivity (Wildman–Crippen MR) is 95.9 cm³/mol. The highest BCUT2D eigenvalue weighted by Crippen LogP contribution is 2.25. The Morgan fingerprint density at radius 1 is 1.32 bits per heavy atom. The number of ether oxygens (including phenoxy) is 1. The monoisotopic (exact) mass is 321 g/mol. The number of nitrogens with one attached hydrogen (secondary N) is 2. The van der Waals surface area contributed by atoms with Crippen LogP contribution in [-0.2, 0) is 6.54 Å². The van der Waals surface area contributed by atoms with Gasteiger partial charge in [-0.3, -0.25) is 0 Å². The number of hydrogen-bond donors (Lipinski definition) is 2. The van der Waals surface area contributed by atoms with Crippen molar-refractivity contribution in [3.05, 3.63) is 29.8 Å². The lowest BCUT2D eigenvalue weighted by atomic mass is 10.2. The smallest absolute Gasteiger partial charge is 0.191 e. The second-order valence-corrected chi connectivity index (χ2v) is 6.66. The number of rotatable bonds is 7. The van der Waals surface area contributed by atoms with Crippen LogP contribution in [0.4, 0.5) is 0 Å². The van der Waals surface area contributed by atoms with Crippen LogP contribution in [0.1, 0.15) is 32.3 Å². The van der Waals surface area contributed by atoms with Gasteiger partial charge in [0, 0.05) is 23.9 Å². The van der Waals surface area contributed by atoms with Crippen LogP contribution < -0.4 is 15.4 Å². The molecule has 0 aromatic heterocycles. The summed E-state index contributed by atoms with van der Waals surface area (Å²) in [5, 5.41) is 7.50. The lowest BCUT2D eigenvalue weighted by molar-refractivity contribution is 0.336. The van der Waals surface area contributed by atoms with Crippen LogP contribution in [0, 0.1) is 0 Å². The lowest BCUT2D eigenvalue weighted by Crippen LogP contribution is -2.40. The fourth-order valence-corrected chi connectivity index (χ4v) is 3.65. The number of hydrogen-bond acceptors (Lipinski definition) is 3. The van der Waals surface area contributed by atoms with Gasteiger partial charge in [-0.2, -0.15) is 11.8 Å². The van der Waals surface area contributed by atoms with Gasteiger partial charge >= 0.3 is 0 Å². The minimum absolute atomic E-state index is 0.628. The van der Waals surface area contributed by atoms with Crippen LogP contribution in [0.2, 0.25) is 0 Å². The van der Waals surface area contributed by atoms with Crippen LogP contribution in [0.5, 0.6) is 5.75 Å². The summed E-state index contributed by atoms with van der Waals surface area (Å²) in [6.45, 7) is 7.27. The van der Waals surface area contributed by atoms with Crippen molar-refractivity contribution in [1.82, 2.24) is 10.6 Å². The van der Waals surface area contributed by atoms with E-state index in [1.807, 2.05) is 25.1 Å². The van der Waals surface area contributed by atoms with Crippen LogP contribution in [0.25, 0.3) is 0 Å². The van der Waals surface area contributed by atoms with Crippen LogP contribution in [0.15, 0.2) is 29.3 Å². The van der Waals surface area contributed by atoms with Gasteiger partial charge < -0.3 is 15.4 Å². The van der Waals surface area contributed by atoms with E-state index in [4.69, 9.17) is 9.73 Å². The molecule has 0 spiro atoms. The molecule has 1 aliphatic rings. The van der Waals surface area contributed by atoms with E-state index in [0.717, 1.165) is 35.6 Å². The molecule has 122 valence electrons. The third-order valence-electron chi connectivity index (χ3n) is 3.55. The van der Waals surface area contributed by atoms with Crippen molar-refractivity contribution in [2.24, 2.45) is 4.99 Å². The zero-order chi connectivity index (χ0) is 15.6. The topological polar surface area (TPSA) is 45.7 Å². The molecular formula is C17H27N3OS. The average molecular weight is 321 g/mol. The molecule has 0 radical (unpaired) electrons. The lowest BCUT2D eigenvalue weighted by Gasteiger charge is -2.15. The Bertz CT molecular complexity index is 473. The summed E-state index contributed by atoms with van der Waals surface area (Å²) in [7, 11) is 0. The second kappa shape index (κ2) is 9.62. The quantitative estimate of drug-likeness (QED) is 0.598. The summed E-state index contributed by atoms with van der Waals surface area (Å²) in [5.74, 6) is 3.11. The van der Waals surface area contributed by atoms with Gasteiger partial charge in [-0.05, 0) is 38.5 Å². The minimum Gasteiger partial charge on any atom is -0.494 e. The van der Waals surface area contributed by atoms with Crippen molar-refractivity contribution < 1.29 is 4.74 Å². The fourth-order valence-electron chi connectivity index (χ4n) is 2.45. The van der Waals surface area contributed by atoms with Crippen molar-refractivity contribution >= 4 is 17.7 Å². The first-order valence-corrected chi connectivity index (χ1v) is 9.22. The highest BCUT2D eigenvalue weighted by atomic mass is 32.2. The number of para-hydroxylation sites is 1. The summed E-state index contributed by atoms with van der Waals surface area (Å²) in [4.78, 5) is 4.69. The minimum atomic E-state index is 0.628. The third-order valence-corrected chi connectivity index (χ3v) is 4.94. The zero-order valence-electron chi connectivity index (χ0n) is 13.6. The number of thioether (sulfide) groups is 1. The van der Waals surface area contributed by atoms with Gasteiger partial charge in [-0.1, -0.05) is 18.2 Å². The molecule has 1 saturated heterocycles. The Hall–Kier alpha value is -1.36. The molecule has 0 aliphatic carbocycles. The summed E-state index contributed by atoms with van der Waals surface area (Å²) in [6.07, 6.45) is 2.65. The summed E-state index contributed by atoms with van der Waals surface area (Å²) < 4.78 is 5.66. The molecule has 4 nitrogen and oxygen atoms in total. The van der Waals surface area contributed by atoms with Crippen molar-refractivity contribution in [2.75, 3.05) is 25.4 Å². The summed E-state index contributed by atoms with van der Waals surface area (Å²) in [5.41, 5.74) is 1.12. The Balaban J connectivity index is 1.93. The fraction of sp³-hybridized carbons (Fsp3) is 0.588. The van der Waals surface area contributed by atoms with E-state index in [9.17, 15) is 0 Å². The van der Waals surface area contributed by atoms with Gasteiger partial charge in [0.25, 0.3) is 0 Å². The van der Waals surface area contributed by atoms with E-state index < -0.39 is 0 Å². The van der Waals surface area contributed by atoms with E-state index in [0.29, 0.717) is 13.2 Å². The van der Waals surface area contributed by atoms with Gasteiger partial charge in [0.15, 0.2) is 5.96 Å². The molecule has 1 heterocycles. The maximum atomic E-state index is 5.66. The third kappa shape index (κ3) is 5.44. The molecular weight excluding hydrogens is 294 g/mol. The van der Waals surface area contributed by atoms with E-state index in [1.165, 1.54) is 18.6 Å². The predicted octanol–water partition coefficient (Wildman–Crippen LogP) is 3.04. The Kier molecular flexibility index (Phi) is 7.43. The molecule has 1 aromatic carbocycles. The second-order valence-electron chi connectivity index (χ2n) is 5.25. The number of nitrogens with zero attached hydrogens (tertiary/aromatic N) is 1. The van der Waals surface area contributed by atoms with E-state index in [-0.39, 0.29) is 0 Å². The molecule has 1 aromatic rings. The molecule has 1 atom stereocenters. The number of aliphatic imine (C=N–C) groups is 1. The van der Waals surface area contributed by atoms with Gasteiger partial charge in [0.2, 0.25) is 0 Å². The van der Waals surface area contributed by atoms with Gasteiger partial charge in [0.05, 0.1) is 13.2 Å². The van der Waals surface area contributed by atoms with Crippen LogP contribution >= 0.6 is 11.8 Å². The van der Waals surface area contributed by atoms with Crippen LogP contribution in [-0.4, -0.2) is 36.7 Å². The van der Waals surface area contributed by atoms with Gasteiger partial charge in [0.1, 0.15) is 5.75 Å². The average Bonchev–Trinajstić information content (AvgIpc) is 3.05. The molecule has 0 amide bonds. The number of guanidine groups is 1. The highest BCUT2D eigenvalue weighted by molar-refractivity contribution is 8.00.